The Morgan fingerprint density at radius 2 is 2.05 bits per heavy atom. The Bertz CT molecular complexity index is 557. The first-order valence-corrected chi connectivity index (χ1v) is 6.60. The van der Waals surface area contributed by atoms with Crippen LogP contribution in [0.25, 0.3) is 0 Å². The molecule has 0 aliphatic heterocycles. The smallest absolute Gasteiger partial charge is 0.251 e. The topological polar surface area (TPSA) is 42.0 Å². The molecule has 98 valence electrons. The van der Waals surface area contributed by atoms with E-state index in [-0.39, 0.29) is 11.9 Å². The molecule has 1 aromatic carbocycles. The zero-order valence-corrected chi connectivity index (χ0v) is 11.4. The van der Waals surface area contributed by atoms with Gasteiger partial charge in [-0.1, -0.05) is 12.1 Å². The molecule has 1 atom stereocenters. The van der Waals surface area contributed by atoms with Gasteiger partial charge in [-0.2, -0.15) is 0 Å². The number of amides is 1. The number of halogens is 1. The fourth-order valence-electron chi connectivity index (χ4n) is 1.81. The average molecular weight is 275 g/mol. The van der Waals surface area contributed by atoms with E-state index in [9.17, 15) is 4.79 Å². The summed E-state index contributed by atoms with van der Waals surface area (Å²) in [6.45, 7) is 1.94. The van der Waals surface area contributed by atoms with Crippen LogP contribution in [0.5, 0.6) is 0 Å². The minimum absolute atomic E-state index is 0.0600. The van der Waals surface area contributed by atoms with E-state index < -0.39 is 0 Å². The fraction of sp³-hybridized carbons (Fsp3) is 0.200. The molecular weight excluding hydrogens is 260 g/mol. The standard InChI is InChI=1S/C15H15ClN2O/c1-11(13-5-7-17-8-6-13)18-15(19)14-4-2-3-12(9-14)10-16/h2-9,11H,10H2,1H3,(H,18,19). The third-order valence-electron chi connectivity index (χ3n) is 2.90. The number of alkyl halides is 1. The van der Waals surface area contributed by atoms with Gasteiger partial charge >= 0.3 is 0 Å². The van der Waals surface area contributed by atoms with Crippen LogP contribution in [0, 0.1) is 0 Å². The molecule has 1 aromatic heterocycles. The van der Waals surface area contributed by atoms with Gasteiger partial charge in [0.05, 0.1) is 6.04 Å². The molecule has 3 nitrogen and oxygen atoms in total. The van der Waals surface area contributed by atoms with Crippen molar-refractivity contribution < 1.29 is 4.79 Å². The van der Waals surface area contributed by atoms with Gasteiger partial charge in [-0.15, -0.1) is 11.6 Å². The number of hydrogen-bond acceptors (Lipinski definition) is 2. The largest absolute Gasteiger partial charge is 0.346 e. The molecule has 0 radical (unpaired) electrons. The van der Waals surface area contributed by atoms with Crippen LogP contribution in [0.1, 0.15) is 34.5 Å². The molecule has 0 spiro atoms. The van der Waals surface area contributed by atoms with Gasteiger partial charge in [-0.25, -0.2) is 0 Å². The predicted molar refractivity (Wildman–Crippen MR) is 76.1 cm³/mol. The van der Waals surface area contributed by atoms with Crippen LogP contribution in [0.15, 0.2) is 48.8 Å². The molecule has 0 saturated carbocycles. The Morgan fingerprint density at radius 3 is 2.74 bits per heavy atom. The van der Waals surface area contributed by atoms with Crippen molar-refractivity contribution in [3.63, 3.8) is 0 Å². The maximum absolute atomic E-state index is 12.1. The molecule has 1 unspecified atom stereocenters. The van der Waals surface area contributed by atoms with Gasteiger partial charge in [-0.3, -0.25) is 9.78 Å². The molecule has 1 heterocycles. The zero-order valence-electron chi connectivity index (χ0n) is 10.6. The number of aromatic nitrogens is 1. The number of nitrogens with zero attached hydrogens (tertiary/aromatic N) is 1. The summed E-state index contributed by atoms with van der Waals surface area (Å²) in [5.74, 6) is 0.303. The second-order valence-corrected chi connectivity index (χ2v) is 4.58. The molecule has 0 aliphatic carbocycles. The van der Waals surface area contributed by atoms with Gasteiger partial charge in [0.15, 0.2) is 0 Å². The maximum Gasteiger partial charge on any atom is 0.251 e. The summed E-state index contributed by atoms with van der Waals surface area (Å²) in [4.78, 5) is 16.1. The first-order valence-electron chi connectivity index (χ1n) is 6.06. The van der Waals surface area contributed by atoms with Gasteiger partial charge in [0.2, 0.25) is 0 Å². The van der Waals surface area contributed by atoms with E-state index in [0.717, 1.165) is 11.1 Å². The molecule has 0 fully saturated rings. The quantitative estimate of drug-likeness (QED) is 0.869. The number of carbonyl (C=O) groups excluding carboxylic acids is 1. The maximum atomic E-state index is 12.1. The minimum Gasteiger partial charge on any atom is -0.346 e. The molecule has 4 heteroatoms. The van der Waals surface area contributed by atoms with Crippen molar-refractivity contribution in [2.45, 2.75) is 18.8 Å². The van der Waals surface area contributed by atoms with Crippen molar-refractivity contribution in [3.8, 4) is 0 Å². The van der Waals surface area contributed by atoms with E-state index in [4.69, 9.17) is 11.6 Å². The summed E-state index contributed by atoms with van der Waals surface area (Å²) in [6, 6.07) is 11.0. The van der Waals surface area contributed by atoms with E-state index in [1.807, 2.05) is 37.3 Å². The van der Waals surface area contributed by atoms with Gasteiger partial charge in [-0.05, 0) is 42.3 Å². The summed E-state index contributed by atoms with van der Waals surface area (Å²) in [5, 5.41) is 2.95. The third kappa shape index (κ3) is 3.55. The second-order valence-electron chi connectivity index (χ2n) is 4.31. The number of nitrogens with one attached hydrogen (secondary N) is 1. The Balaban J connectivity index is 2.08. The van der Waals surface area contributed by atoms with Crippen molar-refractivity contribution >= 4 is 17.5 Å². The summed E-state index contributed by atoms with van der Waals surface area (Å²) in [6.07, 6.45) is 3.43. The lowest BCUT2D eigenvalue weighted by atomic mass is 10.1. The Hall–Kier alpha value is -1.87. The van der Waals surface area contributed by atoms with Crippen LogP contribution in [0.3, 0.4) is 0 Å². The highest BCUT2D eigenvalue weighted by Crippen LogP contribution is 2.13. The number of hydrogen-bond donors (Lipinski definition) is 1. The van der Waals surface area contributed by atoms with Crippen molar-refractivity contribution in [1.29, 1.82) is 0 Å². The van der Waals surface area contributed by atoms with Crippen molar-refractivity contribution in [2.24, 2.45) is 0 Å². The average Bonchev–Trinajstić information content (AvgIpc) is 2.48. The highest BCUT2D eigenvalue weighted by Gasteiger charge is 2.11. The van der Waals surface area contributed by atoms with Crippen LogP contribution in [0.2, 0.25) is 0 Å². The van der Waals surface area contributed by atoms with Crippen LogP contribution < -0.4 is 5.32 Å². The number of carbonyl (C=O) groups is 1. The number of pyridine rings is 1. The minimum atomic E-state index is -0.101. The summed E-state index contributed by atoms with van der Waals surface area (Å²) >= 11 is 5.77. The molecule has 0 saturated heterocycles. The molecule has 1 N–H and O–H groups in total. The normalized spacial score (nSPS) is 11.9. The Morgan fingerprint density at radius 1 is 1.32 bits per heavy atom. The van der Waals surface area contributed by atoms with E-state index in [2.05, 4.69) is 10.3 Å². The Kier molecular flexibility index (Phi) is 4.53. The summed E-state index contributed by atoms with van der Waals surface area (Å²) in [7, 11) is 0. The summed E-state index contributed by atoms with van der Waals surface area (Å²) < 4.78 is 0. The van der Waals surface area contributed by atoms with Gasteiger partial charge < -0.3 is 5.32 Å². The number of benzene rings is 1. The monoisotopic (exact) mass is 274 g/mol. The predicted octanol–water partition coefficient (Wildman–Crippen LogP) is 3.31. The lowest BCUT2D eigenvalue weighted by Crippen LogP contribution is -2.26. The van der Waals surface area contributed by atoms with Gasteiger partial charge in [0, 0.05) is 23.8 Å². The van der Waals surface area contributed by atoms with Crippen LogP contribution in [-0.2, 0) is 5.88 Å². The second kappa shape index (κ2) is 6.34. The molecule has 2 aromatic rings. The van der Waals surface area contributed by atoms with Crippen molar-refractivity contribution in [2.75, 3.05) is 0 Å². The molecule has 0 aliphatic rings. The van der Waals surface area contributed by atoms with Crippen molar-refractivity contribution in [1.82, 2.24) is 10.3 Å². The van der Waals surface area contributed by atoms with E-state index in [0.29, 0.717) is 11.4 Å². The van der Waals surface area contributed by atoms with Crippen LogP contribution >= 0.6 is 11.6 Å². The first kappa shape index (κ1) is 13.6. The van der Waals surface area contributed by atoms with Crippen LogP contribution in [0.4, 0.5) is 0 Å². The molecule has 0 bridgehead atoms. The lowest BCUT2D eigenvalue weighted by Gasteiger charge is -2.14. The van der Waals surface area contributed by atoms with Crippen LogP contribution in [-0.4, -0.2) is 10.9 Å². The lowest BCUT2D eigenvalue weighted by molar-refractivity contribution is 0.0940. The zero-order chi connectivity index (χ0) is 13.7. The van der Waals surface area contributed by atoms with E-state index in [1.54, 1.807) is 18.5 Å². The molecule has 1 amide bonds. The molecular formula is C15H15ClN2O. The first-order chi connectivity index (χ1) is 9.20. The molecule has 19 heavy (non-hydrogen) atoms. The van der Waals surface area contributed by atoms with E-state index in [1.165, 1.54) is 0 Å². The third-order valence-corrected chi connectivity index (χ3v) is 3.21. The van der Waals surface area contributed by atoms with Gasteiger partial charge in [0.25, 0.3) is 5.91 Å². The number of rotatable bonds is 4. The SMILES string of the molecule is CC(NC(=O)c1cccc(CCl)c1)c1ccncc1. The van der Waals surface area contributed by atoms with Crippen molar-refractivity contribution in [3.05, 3.63) is 65.5 Å². The summed E-state index contributed by atoms with van der Waals surface area (Å²) in [5.41, 5.74) is 2.58. The van der Waals surface area contributed by atoms with E-state index >= 15 is 0 Å². The Labute approximate surface area is 117 Å². The highest BCUT2D eigenvalue weighted by molar-refractivity contribution is 6.17. The highest BCUT2D eigenvalue weighted by atomic mass is 35.5. The van der Waals surface area contributed by atoms with Gasteiger partial charge in [0.1, 0.15) is 0 Å². The fourth-order valence-corrected chi connectivity index (χ4v) is 1.98. The molecule has 2 rings (SSSR count).